The maximum absolute atomic E-state index is 12.0. The number of hydrogen-bond donors (Lipinski definition) is 2. The number of benzene rings is 2. The van der Waals surface area contributed by atoms with Gasteiger partial charge >= 0.3 is 0 Å². The van der Waals surface area contributed by atoms with Gasteiger partial charge in [-0.3, -0.25) is 9.89 Å². The molecule has 0 radical (unpaired) electrons. The van der Waals surface area contributed by atoms with Gasteiger partial charge in [-0.2, -0.15) is 0 Å². The van der Waals surface area contributed by atoms with E-state index in [4.69, 9.17) is 16.3 Å². The highest BCUT2D eigenvalue weighted by atomic mass is 35.5. The molecule has 0 bridgehead atoms. The molecular weight excluding hydrogens is 384 g/mol. The van der Waals surface area contributed by atoms with E-state index in [2.05, 4.69) is 20.5 Å². The Bertz CT molecular complexity index is 881. The quantitative estimate of drug-likeness (QED) is 0.561. The van der Waals surface area contributed by atoms with Crippen molar-refractivity contribution in [1.29, 1.82) is 0 Å². The molecule has 0 saturated carbocycles. The summed E-state index contributed by atoms with van der Waals surface area (Å²) in [5, 5.41) is 10.9. The van der Waals surface area contributed by atoms with E-state index in [1.54, 1.807) is 24.3 Å². The van der Waals surface area contributed by atoms with Gasteiger partial charge in [0, 0.05) is 11.6 Å². The third-order valence-corrected chi connectivity index (χ3v) is 4.74. The van der Waals surface area contributed by atoms with Crippen LogP contribution in [0, 0.1) is 6.92 Å². The van der Waals surface area contributed by atoms with Crippen LogP contribution in [0.3, 0.4) is 0 Å². The van der Waals surface area contributed by atoms with Gasteiger partial charge in [0.2, 0.25) is 11.1 Å². The van der Waals surface area contributed by atoms with Crippen LogP contribution < -0.4 is 10.1 Å². The largest absolute Gasteiger partial charge is 0.486 e. The normalized spacial score (nSPS) is 10.6. The summed E-state index contributed by atoms with van der Waals surface area (Å²) in [5.74, 6) is 1.47. The van der Waals surface area contributed by atoms with Gasteiger partial charge in [0.05, 0.1) is 5.75 Å². The number of nitrogens with zero attached hydrogens (tertiary/aromatic N) is 2. The molecule has 2 aromatic carbocycles. The van der Waals surface area contributed by atoms with Gasteiger partial charge in [-0.25, -0.2) is 4.98 Å². The van der Waals surface area contributed by atoms with Crippen LogP contribution in [0.1, 0.15) is 17.0 Å². The molecule has 0 aliphatic heterocycles. The first-order valence-corrected chi connectivity index (χ1v) is 9.69. The van der Waals surface area contributed by atoms with Crippen molar-refractivity contribution < 1.29 is 9.53 Å². The molecule has 0 aliphatic rings. The maximum Gasteiger partial charge on any atom is 0.230 e. The molecule has 1 heterocycles. The fourth-order valence-corrected chi connectivity index (χ4v) is 2.95. The van der Waals surface area contributed by atoms with Gasteiger partial charge in [-0.1, -0.05) is 53.2 Å². The molecule has 0 unspecified atom stereocenters. The zero-order chi connectivity index (χ0) is 19.1. The van der Waals surface area contributed by atoms with E-state index in [9.17, 15) is 4.79 Å². The predicted octanol–water partition coefficient (Wildman–Crippen LogP) is 3.75. The number of rotatable bonds is 8. The van der Waals surface area contributed by atoms with E-state index in [1.807, 2.05) is 31.2 Å². The Morgan fingerprint density at radius 1 is 1.19 bits per heavy atom. The van der Waals surface area contributed by atoms with Crippen molar-refractivity contribution in [2.45, 2.75) is 25.2 Å². The minimum absolute atomic E-state index is 0.0654. The molecule has 27 heavy (non-hydrogen) atoms. The number of nitrogens with one attached hydrogen (secondary N) is 2. The number of aromatic amines is 1. The van der Waals surface area contributed by atoms with Gasteiger partial charge in [-0.15, -0.1) is 5.10 Å². The maximum atomic E-state index is 12.0. The highest BCUT2D eigenvalue weighted by Crippen LogP contribution is 2.17. The fraction of sp³-hybridized carbons (Fsp3) is 0.211. The number of H-pyrrole nitrogens is 1. The first-order chi connectivity index (χ1) is 13.1. The summed E-state index contributed by atoms with van der Waals surface area (Å²) in [7, 11) is 0. The number of carbonyl (C=O) groups is 1. The Kier molecular flexibility index (Phi) is 6.73. The fourth-order valence-electron chi connectivity index (χ4n) is 2.18. The molecule has 8 heteroatoms. The van der Waals surface area contributed by atoms with Crippen LogP contribution in [0.5, 0.6) is 5.75 Å². The molecular formula is C19H19ClN4O2S. The van der Waals surface area contributed by atoms with Gasteiger partial charge in [-0.05, 0) is 36.8 Å². The van der Waals surface area contributed by atoms with Crippen LogP contribution in [0.2, 0.25) is 5.02 Å². The van der Waals surface area contributed by atoms with E-state index in [0.29, 0.717) is 28.3 Å². The summed E-state index contributed by atoms with van der Waals surface area (Å²) in [4.78, 5) is 16.3. The molecule has 140 valence electrons. The lowest BCUT2D eigenvalue weighted by Gasteiger charge is -2.04. The molecule has 1 aromatic heterocycles. The number of aryl methyl sites for hydroxylation is 1. The van der Waals surface area contributed by atoms with Gasteiger partial charge in [0.25, 0.3) is 0 Å². The number of aromatic nitrogens is 3. The second-order valence-corrected chi connectivity index (χ2v) is 7.24. The van der Waals surface area contributed by atoms with E-state index < -0.39 is 0 Å². The first kappa shape index (κ1) is 19.3. The summed E-state index contributed by atoms with van der Waals surface area (Å²) in [6.45, 7) is 2.80. The first-order valence-electron chi connectivity index (χ1n) is 8.33. The summed E-state index contributed by atoms with van der Waals surface area (Å²) in [5.41, 5.74) is 2.26. The molecule has 1 amide bonds. The SMILES string of the molecule is Cc1ccc(CNC(=O)CSc2n[nH]c(COc3ccc(Cl)cc3)n2)cc1. The third kappa shape index (κ3) is 6.30. The molecule has 3 rings (SSSR count). The number of thioether (sulfide) groups is 1. The number of halogens is 1. The highest BCUT2D eigenvalue weighted by Gasteiger charge is 2.08. The van der Waals surface area contributed by atoms with Crippen molar-refractivity contribution in [3.8, 4) is 5.75 Å². The topological polar surface area (TPSA) is 79.9 Å². The van der Waals surface area contributed by atoms with E-state index in [0.717, 1.165) is 5.56 Å². The lowest BCUT2D eigenvalue weighted by molar-refractivity contribution is -0.118. The van der Waals surface area contributed by atoms with Crippen molar-refractivity contribution in [3.05, 3.63) is 70.5 Å². The molecule has 0 saturated heterocycles. The highest BCUT2D eigenvalue weighted by molar-refractivity contribution is 7.99. The van der Waals surface area contributed by atoms with Crippen molar-refractivity contribution >= 4 is 29.3 Å². The molecule has 0 atom stereocenters. The summed E-state index contributed by atoms with van der Waals surface area (Å²) < 4.78 is 5.60. The second-order valence-electron chi connectivity index (χ2n) is 5.86. The molecule has 0 aliphatic carbocycles. The zero-order valence-electron chi connectivity index (χ0n) is 14.7. The second kappa shape index (κ2) is 9.43. The van der Waals surface area contributed by atoms with Crippen molar-refractivity contribution in [2.75, 3.05) is 5.75 Å². The Morgan fingerprint density at radius 2 is 1.93 bits per heavy atom. The van der Waals surface area contributed by atoms with Crippen molar-refractivity contribution in [3.63, 3.8) is 0 Å². The minimum Gasteiger partial charge on any atom is -0.486 e. The van der Waals surface area contributed by atoms with E-state index in [1.165, 1.54) is 17.3 Å². The van der Waals surface area contributed by atoms with Gasteiger partial charge in [0.1, 0.15) is 12.4 Å². The molecule has 0 fully saturated rings. The van der Waals surface area contributed by atoms with Gasteiger partial charge in [0.15, 0.2) is 5.82 Å². The van der Waals surface area contributed by atoms with Gasteiger partial charge < -0.3 is 10.1 Å². The monoisotopic (exact) mass is 402 g/mol. The summed E-state index contributed by atoms with van der Waals surface area (Å²) in [6, 6.07) is 15.1. The Hall–Kier alpha value is -2.51. The van der Waals surface area contributed by atoms with Crippen LogP contribution in [-0.4, -0.2) is 26.8 Å². The number of carbonyl (C=O) groups excluding carboxylic acids is 1. The van der Waals surface area contributed by atoms with Crippen molar-refractivity contribution in [2.24, 2.45) is 0 Å². The van der Waals surface area contributed by atoms with E-state index >= 15 is 0 Å². The lowest BCUT2D eigenvalue weighted by atomic mass is 10.1. The van der Waals surface area contributed by atoms with Crippen molar-refractivity contribution in [1.82, 2.24) is 20.5 Å². The molecule has 6 nitrogen and oxygen atoms in total. The van der Waals surface area contributed by atoms with E-state index in [-0.39, 0.29) is 18.3 Å². The number of hydrogen-bond acceptors (Lipinski definition) is 5. The molecule has 2 N–H and O–H groups in total. The standard InChI is InChI=1S/C19H19ClN4O2S/c1-13-2-4-14(5-3-13)10-21-18(25)12-27-19-22-17(23-24-19)11-26-16-8-6-15(20)7-9-16/h2-9H,10-12H2,1H3,(H,21,25)(H,22,23,24). The Labute approximate surface area is 166 Å². The van der Waals surface area contributed by atoms with Crippen LogP contribution >= 0.6 is 23.4 Å². The predicted molar refractivity (Wildman–Crippen MR) is 106 cm³/mol. The molecule has 3 aromatic rings. The number of ether oxygens (including phenoxy) is 1. The van der Waals surface area contributed by atoms with Crippen LogP contribution in [0.15, 0.2) is 53.7 Å². The van der Waals surface area contributed by atoms with Crippen LogP contribution in [0.25, 0.3) is 0 Å². The lowest BCUT2D eigenvalue weighted by Crippen LogP contribution is -2.24. The summed E-state index contributed by atoms with van der Waals surface area (Å²) in [6.07, 6.45) is 0. The average Bonchev–Trinajstić information content (AvgIpc) is 3.13. The minimum atomic E-state index is -0.0654. The molecule has 0 spiro atoms. The smallest absolute Gasteiger partial charge is 0.230 e. The zero-order valence-corrected chi connectivity index (χ0v) is 16.3. The third-order valence-electron chi connectivity index (χ3n) is 3.64. The van der Waals surface area contributed by atoms with Crippen LogP contribution in [0.4, 0.5) is 0 Å². The number of amides is 1. The Morgan fingerprint density at radius 3 is 2.67 bits per heavy atom. The average molecular weight is 403 g/mol. The summed E-state index contributed by atoms with van der Waals surface area (Å²) >= 11 is 7.11. The van der Waals surface area contributed by atoms with Crippen LogP contribution in [-0.2, 0) is 17.9 Å². The Balaban J connectivity index is 1.40.